The first kappa shape index (κ1) is 11.7. The number of thiophene rings is 1. The molecule has 0 aliphatic heterocycles. The van der Waals surface area contributed by atoms with Crippen LogP contribution in [0.25, 0.3) is 0 Å². The highest BCUT2D eigenvalue weighted by atomic mass is 32.1. The second-order valence-corrected chi connectivity index (χ2v) is 4.40. The van der Waals surface area contributed by atoms with Gasteiger partial charge in [-0.15, -0.1) is 11.3 Å². The first-order valence-electron chi connectivity index (χ1n) is 5.14. The van der Waals surface area contributed by atoms with E-state index in [4.69, 9.17) is 4.74 Å². The van der Waals surface area contributed by atoms with Gasteiger partial charge in [0.2, 0.25) is 0 Å². The van der Waals surface area contributed by atoms with Gasteiger partial charge < -0.3 is 15.0 Å². The Morgan fingerprint density at radius 1 is 1.65 bits per heavy atom. The largest absolute Gasteiger partial charge is 0.495 e. The minimum absolute atomic E-state index is 0.152. The first-order chi connectivity index (χ1) is 8.22. The van der Waals surface area contributed by atoms with Gasteiger partial charge in [-0.1, -0.05) is 0 Å². The number of H-pyrrole nitrogens is 1. The first-order valence-corrected chi connectivity index (χ1v) is 6.02. The maximum Gasteiger partial charge on any atom is 0.265 e. The van der Waals surface area contributed by atoms with E-state index in [2.05, 4.69) is 15.3 Å². The highest BCUT2D eigenvalue weighted by molar-refractivity contribution is 7.12. The lowest BCUT2D eigenvalue weighted by Crippen LogP contribution is -2.26. The number of rotatable bonds is 4. The van der Waals surface area contributed by atoms with Crippen LogP contribution in [0.3, 0.4) is 0 Å². The standard InChI is InChI=1S/C11H13N3O2S/c1-7(10-12-4-5-13-10)14-11(15)9-8(16-2)3-6-17-9/h3-7H,1-2H3,(H,12,13)(H,14,15). The molecule has 0 saturated heterocycles. The van der Waals surface area contributed by atoms with Crippen molar-refractivity contribution in [3.8, 4) is 5.75 Å². The number of nitrogens with one attached hydrogen (secondary N) is 2. The summed E-state index contributed by atoms with van der Waals surface area (Å²) in [5.74, 6) is 1.17. The van der Waals surface area contributed by atoms with Gasteiger partial charge in [0.1, 0.15) is 16.5 Å². The lowest BCUT2D eigenvalue weighted by Gasteiger charge is -2.11. The predicted molar refractivity (Wildman–Crippen MR) is 65.3 cm³/mol. The number of aromatic nitrogens is 2. The van der Waals surface area contributed by atoms with Crippen LogP contribution in [0.5, 0.6) is 5.75 Å². The number of aromatic amines is 1. The zero-order chi connectivity index (χ0) is 12.3. The molecule has 0 saturated carbocycles. The van der Waals surface area contributed by atoms with Crippen molar-refractivity contribution < 1.29 is 9.53 Å². The van der Waals surface area contributed by atoms with Crippen LogP contribution in [0.4, 0.5) is 0 Å². The third-order valence-electron chi connectivity index (χ3n) is 2.33. The molecule has 2 aromatic heterocycles. The molecule has 0 fully saturated rings. The Morgan fingerprint density at radius 3 is 3.12 bits per heavy atom. The second kappa shape index (κ2) is 5.01. The lowest BCUT2D eigenvalue weighted by molar-refractivity contribution is 0.0940. The number of hydrogen-bond acceptors (Lipinski definition) is 4. The van der Waals surface area contributed by atoms with Gasteiger partial charge in [-0.25, -0.2) is 4.98 Å². The van der Waals surface area contributed by atoms with E-state index in [0.29, 0.717) is 10.6 Å². The summed E-state index contributed by atoms with van der Waals surface area (Å²) in [6.45, 7) is 1.87. The van der Waals surface area contributed by atoms with E-state index in [-0.39, 0.29) is 11.9 Å². The van der Waals surface area contributed by atoms with Crippen LogP contribution in [0.2, 0.25) is 0 Å². The van der Waals surface area contributed by atoms with Crippen molar-refractivity contribution in [2.45, 2.75) is 13.0 Å². The van der Waals surface area contributed by atoms with E-state index in [1.165, 1.54) is 11.3 Å². The minimum atomic E-state index is -0.163. The third kappa shape index (κ3) is 2.47. The predicted octanol–water partition coefficient (Wildman–Crippen LogP) is 1.97. The number of ether oxygens (including phenoxy) is 1. The van der Waals surface area contributed by atoms with Crippen LogP contribution in [-0.4, -0.2) is 23.0 Å². The van der Waals surface area contributed by atoms with Crippen molar-refractivity contribution in [3.05, 3.63) is 34.5 Å². The molecule has 2 heterocycles. The molecule has 1 amide bonds. The van der Waals surface area contributed by atoms with Gasteiger partial charge in [0.05, 0.1) is 13.2 Å². The Bertz CT molecular complexity index is 493. The van der Waals surface area contributed by atoms with E-state index in [9.17, 15) is 4.79 Å². The van der Waals surface area contributed by atoms with E-state index < -0.39 is 0 Å². The molecule has 0 bridgehead atoms. The number of hydrogen-bond donors (Lipinski definition) is 2. The Hall–Kier alpha value is -1.82. The zero-order valence-corrected chi connectivity index (χ0v) is 10.4. The van der Waals surface area contributed by atoms with Gasteiger partial charge in [-0.2, -0.15) is 0 Å². The van der Waals surface area contributed by atoms with Crippen molar-refractivity contribution in [1.29, 1.82) is 0 Å². The van der Waals surface area contributed by atoms with Crippen LogP contribution in [0.1, 0.15) is 28.5 Å². The summed E-state index contributed by atoms with van der Waals surface area (Å²) < 4.78 is 5.10. The number of nitrogens with zero attached hydrogens (tertiary/aromatic N) is 1. The molecule has 5 nitrogen and oxygen atoms in total. The van der Waals surface area contributed by atoms with Gasteiger partial charge in [0.15, 0.2) is 0 Å². The normalized spacial score (nSPS) is 12.1. The summed E-state index contributed by atoms with van der Waals surface area (Å²) in [7, 11) is 1.55. The van der Waals surface area contributed by atoms with E-state index >= 15 is 0 Å². The fraction of sp³-hybridized carbons (Fsp3) is 0.273. The SMILES string of the molecule is COc1ccsc1C(=O)NC(C)c1ncc[nH]1. The van der Waals surface area contributed by atoms with Crippen molar-refractivity contribution >= 4 is 17.2 Å². The Labute approximate surface area is 103 Å². The highest BCUT2D eigenvalue weighted by Crippen LogP contribution is 2.24. The molecule has 1 atom stereocenters. The summed E-state index contributed by atoms with van der Waals surface area (Å²) in [6.07, 6.45) is 3.38. The van der Waals surface area contributed by atoms with E-state index in [0.717, 1.165) is 5.82 Å². The monoisotopic (exact) mass is 251 g/mol. The molecule has 2 aromatic rings. The number of imidazole rings is 1. The maximum atomic E-state index is 12.0. The molecular weight excluding hydrogens is 238 g/mol. The Balaban J connectivity index is 2.07. The number of amides is 1. The van der Waals surface area contributed by atoms with Crippen molar-refractivity contribution in [3.63, 3.8) is 0 Å². The summed E-state index contributed by atoms with van der Waals surface area (Å²) in [5, 5.41) is 4.68. The molecule has 2 rings (SSSR count). The van der Waals surface area contributed by atoms with Crippen LogP contribution >= 0.6 is 11.3 Å². The zero-order valence-electron chi connectivity index (χ0n) is 9.56. The van der Waals surface area contributed by atoms with Gasteiger partial charge >= 0.3 is 0 Å². The molecule has 17 heavy (non-hydrogen) atoms. The molecule has 0 aliphatic carbocycles. The van der Waals surface area contributed by atoms with Gasteiger partial charge in [-0.05, 0) is 18.4 Å². The van der Waals surface area contributed by atoms with E-state index in [1.807, 2.05) is 12.3 Å². The highest BCUT2D eigenvalue weighted by Gasteiger charge is 2.17. The fourth-order valence-corrected chi connectivity index (χ4v) is 2.23. The van der Waals surface area contributed by atoms with Crippen LogP contribution in [-0.2, 0) is 0 Å². The van der Waals surface area contributed by atoms with Gasteiger partial charge in [0, 0.05) is 12.4 Å². The lowest BCUT2D eigenvalue weighted by atomic mass is 10.3. The third-order valence-corrected chi connectivity index (χ3v) is 3.23. The van der Waals surface area contributed by atoms with Gasteiger partial charge in [0.25, 0.3) is 5.91 Å². The molecule has 0 radical (unpaired) electrons. The quantitative estimate of drug-likeness (QED) is 0.873. The van der Waals surface area contributed by atoms with E-state index in [1.54, 1.807) is 25.6 Å². The topological polar surface area (TPSA) is 67.0 Å². The molecule has 1 unspecified atom stereocenters. The van der Waals surface area contributed by atoms with Gasteiger partial charge in [-0.3, -0.25) is 4.79 Å². The molecule has 0 aliphatic rings. The second-order valence-electron chi connectivity index (χ2n) is 3.49. The van der Waals surface area contributed by atoms with Crippen LogP contribution in [0, 0.1) is 0 Å². The summed E-state index contributed by atoms with van der Waals surface area (Å²) in [6, 6.07) is 1.61. The summed E-state index contributed by atoms with van der Waals surface area (Å²) in [4.78, 5) is 19.6. The molecule has 90 valence electrons. The molecule has 2 N–H and O–H groups in total. The number of carbonyl (C=O) groups excluding carboxylic acids is 1. The molecule has 0 spiro atoms. The van der Waals surface area contributed by atoms with Crippen LogP contribution in [0.15, 0.2) is 23.8 Å². The Morgan fingerprint density at radius 2 is 2.47 bits per heavy atom. The van der Waals surface area contributed by atoms with Crippen molar-refractivity contribution in [2.75, 3.05) is 7.11 Å². The summed E-state index contributed by atoms with van der Waals surface area (Å²) in [5.41, 5.74) is 0. The Kier molecular flexibility index (Phi) is 3.43. The smallest absolute Gasteiger partial charge is 0.265 e. The molecule has 0 aromatic carbocycles. The van der Waals surface area contributed by atoms with Crippen LogP contribution < -0.4 is 10.1 Å². The maximum absolute atomic E-state index is 12.0. The average molecular weight is 251 g/mol. The summed E-state index contributed by atoms with van der Waals surface area (Å²) >= 11 is 1.35. The molecular formula is C11H13N3O2S. The fourth-order valence-electron chi connectivity index (χ4n) is 1.47. The van der Waals surface area contributed by atoms with Crippen molar-refractivity contribution in [1.82, 2.24) is 15.3 Å². The number of carbonyl (C=O) groups is 1. The number of methoxy groups -OCH3 is 1. The minimum Gasteiger partial charge on any atom is -0.495 e. The average Bonchev–Trinajstić information content (AvgIpc) is 2.99. The molecule has 6 heteroatoms. The van der Waals surface area contributed by atoms with Crippen molar-refractivity contribution in [2.24, 2.45) is 0 Å².